The van der Waals surface area contributed by atoms with Gasteiger partial charge in [0, 0.05) is 11.3 Å². The van der Waals surface area contributed by atoms with E-state index in [1.54, 1.807) is 31.2 Å². The number of aromatic nitrogens is 1. The molecule has 0 saturated heterocycles. The van der Waals surface area contributed by atoms with E-state index in [0.29, 0.717) is 17.0 Å². The van der Waals surface area contributed by atoms with Crippen LogP contribution < -0.4 is 20.7 Å². The van der Waals surface area contributed by atoms with Crippen molar-refractivity contribution in [2.24, 2.45) is 0 Å². The quantitative estimate of drug-likeness (QED) is 0.715. The lowest BCUT2D eigenvalue weighted by atomic mass is 10.0. The molecule has 1 aliphatic rings. The molecule has 0 fully saturated rings. The minimum Gasteiger partial charge on any atom is -0.472 e. The maximum atomic E-state index is 13.3. The van der Waals surface area contributed by atoms with Crippen LogP contribution in [-0.2, 0) is 9.59 Å². The lowest BCUT2D eigenvalue weighted by Gasteiger charge is -2.36. The number of fused-ring (bicyclic) bond motifs is 1. The number of hydrogen-bond acceptors (Lipinski definition) is 5. The first-order chi connectivity index (χ1) is 14.0. The highest BCUT2D eigenvalue weighted by atomic mass is 16.5. The molecule has 0 saturated carbocycles. The van der Waals surface area contributed by atoms with Crippen molar-refractivity contribution in [3.63, 3.8) is 0 Å². The molecule has 0 radical (unpaired) electrons. The van der Waals surface area contributed by atoms with Crippen molar-refractivity contribution < 1.29 is 14.3 Å². The lowest BCUT2D eigenvalue weighted by molar-refractivity contribution is -0.129. The molecule has 7 heteroatoms. The zero-order chi connectivity index (χ0) is 20.4. The summed E-state index contributed by atoms with van der Waals surface area (Å²) < 4.78 is 5.92. The van der Waals surface area contributed by atoms with Crippen LogP contribution >= 0.6 is 0 Å². The number of nitrogens with zero attached hydrogens (tertiary/aromatic N) is 2. The molecule has 0 bridgehead atoms. The standard InChI is InChI=1S/C22H20N4O3/c1-14(21(27)24-16-10-6-3-7-11-16)26-20-17(12-13-18(23)25-20)29-19(22(26)28)15-8-4-2-5-9-15/h2-14,19H,1H3,(H2,23,25)(H,24,27). The highest BCUT2D eigenvalue weighted by molar-refractivity contribution is 6.07. The first-order valence-corrected chi connectivity index (χ1v) is 9.21. The summed E-state index contributed by atoms with van der Waals surface area (Å²) in [6.07, 6.45) is -0.874. The fourth-order valence-electron chi connectivity index (χ4n) is 3.22. The van der Waals surface area contributed by atoms with Gasteiger partial charge in [0.05, 0.1) is 0 Å². The number of benzene rings is 2. The number of nitrogens with one attached hydrogen (secondary N) is 1. The zero-order valence-corrected chi connectivity index (χ0v) is 15.8. The van der Waals surface area contributed by atoms with E-state index in [1.807, 2.05) is 48.5 Å². The third kappa shape index (κ3) is 3.62. The molecule has 1 aromatic heterocycles. The van der Waals surface area contributed by atoms with Crippen LogP contribution in [0.4, 0.5) is 17.3 Å². The van der Waals surface area contributed by atoms with E-state index >= 15 is 0 Å². The average Bonchev–Trinajstić information content (AvgIpc) is 2.74. The van der Waals surface area contributed by atoms with Gasteiger partial charge in [-0.1, -0.05) is 48.5 Å². The summed E-state index contributed by atoms with van der Waals surface area (Å²) in [4.78, 5) is 31.8. The van der Waals surface area contributed by atoms with Gasteiger partial charge in [0.1, 0.15) is 11.9 Å². The topological polar surface area (TPSA) is 97.5 Å². The molecule has 29 heavy (non-hydrogen) atoms. The van der Waals surface area contributed by atoms with Crippen molar-refractivity contribution in [2.45, 2.75) is 19.1 Å². The third-order valence-electron chi connectivity index (χ3n) is 4.71. The average molecular weight is 388 g/mol. The fourth-order valence-corrected chi connectivity index (χ4v) is 3.22. The number of hydrogen-bond donors (Lipinski definition) is 2. The van der Waals surface area contributed by atoms with Crippen molar-refractivity contribution in [3.8, 4) is 5.75 Å². The van der Waals surface area contributed by atoms with Crippen molar-refractivity contribution in [1.29, 1.82) is 0 Å². The van der Waals surface area contributed by atoms with Crippen molar-refractivity contribution >= 4 is 29.1 Å². The van der Waals surface area contributed by atoms with E-state index in [4.69, 9.17) is 10.5 Å². The van der Waals surface area contributed by atoms with Gasteiger partial charge in [-0.25, -0.2) is 4.98 Å². The smallest absolute Gasteiger partial charge is 0.274 e. The van der Waals surface area contributed by atoms with Crippen molar-refractivity contribution in [2.75, 3.05) is 16.0 Å². The largest absolute Gasteiger partial charge is 0.472 e. The number of nitrogens with two attached hydrogens (primary N) is 1. The van der Waals surface area contributed by atoms with Crippen LogP contribution in [0.15, 0.2) is 72.8 Å². The Kier molecular flexibility index (Phi) is 4.87. The molecule has 146 valence electrons. The minimum absolute atomic E-state index is 0.234. The molecule has 7 nitrogen and oxygen atoms in total. The Hall–Kier alpha value is -3.87. The number of ether oxygens (including phenoxy) is 1. The number of amides is 2. The summed E-state index contributed by atoms with van der Waals surface area (Å²) >= 11 is 0. The SMILES string of the molecule is CC(C(=O)Nc1ccccc1)N1C(=O)C(c2ccccc2)Oc2ccc(N)nc21. The molecule has 2 atom stereocenters. The molecule has 4 rings (SSSR count). The number of rotatable bonds is 4. The number of carbonyl (C=O) groups is 2. The van der Waals surface area contributed by atoms with E-state index in [-0.39, 0.29) is 23.5 Å². The first-order valence-electron chi connectivity index (χ1n) is 9.21. The van der Waals surface area contributed by atoms with Gasteiger partial charge >= 0.3 is 0 Å². The Labute approximate surface area is 168 Å². The second kappa shape index (κ2) is 7.63. The highest BCUT2D eigenvalue weighted by Crippen LogP contribution is 2.39. The molecule has 2 amide bonds. The molecule has 1 aliphatic heterocycles. The van der Waals surface area contributed by atoms with Crippen LogP contribution in [0.1, 0.15) is 18.6 Å². The molecule has 3 N–H and O–H groups in total. The maximum absolute atomic E-state index is 13.3. The minimum atomic E-state index is -0.874. The van der Waals surface area contributed by atoms with Crippen LogP contribution in [0.2, 0.25) is 0 Å². The molecule has 2 aromatic carbocycles. The van der Waals surface area contributed by atoms with Crippen LogP contribution in [0, 0.1) is 0 Å². The molecule has 0 spiro atoms. The molecule has 3 aromatic rings. The number of carbonyl (C=O) groups excluding carboxylic acids is 2. The maximum Gasteiger partial charge on any atom is 0.274 e. The molecule has 0 aliphatic carbocycles. The van der Waals surface area contributed by atoms with E-state index in [0.717, 1.165) is 0 Å². The lowest BCUT2D eigenvalue weighted by Crippen LogP contribution is -2.51. The van der Waals surface area contributed by atoms with Crippen LogP contribution in [0.25, 0.3) is 0 Å². The molecule has 2 unspecified atom stereocenters. The fraction of sp³-hybridized carbons (Fsp3) is 0.136. The normalized spacial score (nSPS) is 16.5. The van der Waals surface area contributed by atoms with E-state index in [9.17, 15) is 9.59 Å². The number of pyridine rings is 1. The van der Waals surface area contributed by atoms with Gasteiger partial charge in [0.2, 0.25) is 12.0 Å². The molecule has 2 heterocycles. The monoisotopic (exact) mass is 388 g/mol. The van der Waals surface area contributed by atoms with Gasteiger partial charge in [-0.15, -0.1) is 0 Å². The summed E-state index contributed by atoms with van der Waals surface area (Å²) in [5.74, 6) is 0.148. The van der Waals surface area contributed by atoms with Gasteiger partial charge in [0.15, 0.2) is 11.6 Å². The molecular weight excluding hydrogens is 368 g/mol. The summed E-state index contributed by atoms with van der Waals surface area (Å²) in [7, 11) is 0. The zero-order valence-electron chi connectivity index (χ0n) is 15.8. The Balaban J connectivity index is 1.70. The number of para-hydroxylation sites is 1. The van der Waals surface area contributed by atoms with Crippen LogP contribution in [0.3, 0.4) is 0 Å². The van der Waals surface area contributed by atoms with Gasteiger partial charge in [-0.05, 0) is 31.2 Å². The van der Waals surface area contributed by atoms with E-state index in [1.165, 1.54) is 4.90 Å². The van der Waals surface area contributed by atoms with Crippen molar-refractivity contribution in [3.05, 3.63) is 78.4 Å². The summed E-state index contributed by atoms with van der Waals surface area (Å²) in [5.41, 5.74) is 7.17. The summed E-state index contributed by atoms with van der Waals surface area (Å²) in [5, 5.41) is 2.83. The van der Waals surface area contributed by atoms with Gasteiger partial charge in [-0.3, -0.25) is 14.5 Å². The predicted molar refractivity (Wildman–Crippen MR) is 110 cm³/mol. The summed E-state index contributed by atoms with van der Waals surface area (Å²) in [6, 6.07) is 20.6. The molecular formula is C22H20N4O3. The predicted octanol–water partition coefficient (Wildman–Crippen LogP) is 3.16. The first kappa shape index (κ1) is 18.5. The highest BCUT2D eigenvalue weighted by Gasteiger charge is 2.41. The van der Waals surface area contributed by atoms with Gasteiger partial charge in [-0.2, -0.15) is 0 Å². The van der Waals surface area contributed by atoms with Crippen LogP contribution in [0.5, 0.6) is 5.75 Å². The summed E-state index contributed by atoms with van der Waals surface area (Å²) in [6.45, 7) is 1.65. The van der Waals surface area contributed by atoms with E-state index in [2.05, 4.69) is 10.3 Å². The number of anilines is 3. The van der Waals surface area contributed by atoms with Gasteiger partial charge in [0.25, 0.3) is 5.91 Å². The van der Waals surface area contributed by atoms with Crippen molar-refractivity contribution in [1.82, 2.24) is 4.98 Å². The second-order valence-corrected chi connectivity index (χ2v) is 6.71. The Bertz CT molecular complexity index is 1040. The van der Waals surface area contributed by atoms with Crippen LogP contribution in [-0.4, -0.2) is 22.8 Å². The Morgan fingerprint density at radius 1 is 1.07 bits per heavy atom. The Morgan fingerprint density at radius 2 is 1.72 bits per heavy atom. The second-order valence-electron chi connectivity index (χ2n) is 6.71. The number of nitrogen functional groups attached to an aromatic ring is 1. The van der Waals surface area contributed by atoms with Gasteiger partial charge < -0.3 is 15.8 Å². The third-order valence-corrected chi connectivity index (χ3v) is 4.71. The Morgan fingerprint density at radius 3 is 2.41 bits per heavy atom. The van der Waals surface area contributed by atoms with E-state index < -0.39 is 12.1 Å².